The van der Waals surface area contributed by atoms with E-state index in [1.54, 1.807) is 19.1 Å². The molecule has 0 saturated carbocycles. The Morgan fingerprint density at radius 2 is 2.27 bits per heavy atom. The molecule has 1 amide bonds. The van der Waals surface area contributed by atoms with Crippen LogP contribution in [0.4, 0.5) is 4.39 Å². The molecule has 0 radical (unpaired) electrons. The number of carbonyl (C=O) groups is 1. The molecule has 0 unspecified atom stereocenters. The second kappa shape index (κ2) is 3.38. The molecule has 0 aliphatic carbocycles. The minimum Gasteiger partial charge on any atom is -0.369 e. The number of nitrogens with two attached hydrogens (primary N) is 1. The van der Waals surface area contributed by atoms with Crippen LogP contribution in [0.2, 0.25) is 0 Å². The number of aromatic nitrogens is 1. The molecule has 0 aliphatic heterocycles. The molecule has 0 aliphatic rings. The number of nitrogens with one attached hydrogen (secondary N) is 1. The number of benzene rings is 1. The Labute approximate surface area is 86.1 Å². The Morgan fingerprint density at radius 1 is 1.53 bits per heavy atom. The minimum absolute atomic E-state index is 0.134. The van der Waals surface area contributed by atoms with Gasteiger partial charge in [-0.3, -0.25) is 4.79 Å². The van der Waals surface area contributed by atoms with Gasteiger partial charge in [0.15, 0.2) is 0 Å². The molecule has 1 aromatic carbocycles. The largest absolute Gasteiger partial charge is 0.369 e. The number of halogens is 1. The highest BCUT2D eigenvalue weighted by Crippen LogP contribution is 2.24. The minimum atomic E-state index is -0.414. The SMILES string of the molecule is Cc1[nH]c2c(F)cccc2c1CC(N)=O. The predicted octanol–water partition coefficient (Wildman–Crippen LogP) is 1.64. The molecule has 2 aromatic rings. The number of aryl methyl sites for hydroxylation is 1. The topological polar surface area (TPSA) is 58.9 Å². The lowest BCUT2D eigenvalue weighted by molar-refractivity contribution is -0.117. The zero-order chi connectivity index (χ0) is 11.0. The van der Waals surface area contributed by atoms with E-state index in [9.17, 15) is 9.18 Å². The van der Waals surface area contributed by atoms with E-state index < -0.39 is 5.91 Å². The standard InChI is InChI=1S/C11H11FN2O/c1-6-8(5-10(13)15)7-3-2-4-9(12)11(7)14-6/h2-4,14H,5H2,1H3,(H2,13,15). The molecule has 1 aromatic heterocycles. The summed E-state index contributed by atoms with van der Waals surface area (Å²) in [4.78, 5) is 13.8. The van der Waals surface area contributed by atoms with Crippen molar-refractivity contribution in [3.63, 3.8) is 0 Å². The van der Waals surface area contributed by atoms with Crippen molar-refractivity contribution in [2.75, 3.05) is 0 Å². The van der Waals surface area contributed by atoms with Crippen LogP contribution in [0, 0.1) is 12.7 Å². The van der Waals surface area contributed by atoms with Gasteiger partial charge in [0.2, 0.25) is 5.91 Å². The van der Waals surface area contributed by atoms with Crippen LogP contribution in [0.3, 0.4) is 0 Å². The van der Waals surface area contributed by atoms with Gasteiger partial charge in [0.05, 0.1) is 11.9 Å². The molecule has 0 saturated heterocycles. The number of rotatable bonds is 2. The quantitative estimate of drug-likeness (QED) is 0.771. The van der Waals surface area contributed by atoms with Gasteiger partial charge >= 0.3 is 0 Å². The second-order valence-electron chi connectivity index (χ2n) is 3.53. The van der Waals surface area contributed by atoms with Gasteiger partial charge in [0.25, 0.3) is 0 Å². The van der Waals surface area contributed by atoms with Gasteiger partial charge in [0, 0.05) is 11.1 Å². The van der Waals surface area contributed by atoms with E-state index in [4.69, 9.17) is 5.73 Å². The molecular formula is C11H11FN2O. The molecule has 78 valence electrons. The first kappa shape index (κ1) is 9.71. The Hall–Kier alpha value is -1.84. The highest BCUT2D eigenvalue weighted by Gasteiger charge is 2.12. The first-order valence-electron chi connectivity index (χ1n) is 4.63. The molecular weight excluding hydrogens is 195 g/mol. The number of carbonyl (C=O) groups excluding carboxylic acids is 1. The van der Waals surface area contributed by atoms with Crippen molar-refractivity contribution >= 4 is 16.8 Å². The fourth-order valence-electron chi connectivity index (χ4n) is 1.77. The zero-order valence-corrected chi connectivity index (χ0v) is 8.30. The number of fused-ring (bicyclic) bond motifs is 1. The van der Waals surface area contributed by atoms with Gasteiger partial charge in [-0.25, -0.2) is 4.39 Å². The third-order valence-electron chi connectivity index (χ3n) is 2.45. The Balaban J connectivity index is 2.68. The van der Waals surface area contributed by atoms with E-state index in [0.29, 0.717) is 5.52 Å². The van der Waals surface area contributed by atoms with Crippen LogP contribution < -0.4 is 5.73 Å². The maximum atomic E-state index is 13.4. The molecule has 0 fully saturated rings. The Morgan fingerprint density at radius 3 is 2.93 bits per heavy atom. The number of H-pyrrole nitrogens is 1. The summed E-state index contributed by atoms with van der Waals surface area (Å²) in [5.74, 6) is -0.727. The van der Waals surface area contributed by atoms with Crippen LogP contribution in [-0.2, 0) is 11.2 Å². The zero-order valence-electron chi connectivity index (χ0n) is 8.30. The van der Waals surface area contributed by atoms with Crippen molar-refractivity contribution in [3.8, 4) is 0 Å². The fraction of sp³-hybridized carbons (Fsp3) is 0.182. The number of aromatic amines is 1. The maximum absolute atomic E-state index is 13.4. The predicted molar refractivity (Wildman–Crippen MR) is 55.9 cm³/mol. The van der Waals surface area contributed by atoms with E-state index in [-0.39, 0.29) is 12.2 Å². The molecule has 0 bridgehead atoms. The average Bonchev–Trinajstić information content (AvgIpc) is 2.45. The first-order valence-corrected chi connectivity index (χ1v) is 4.63. The van der Waals surface area contributed by atoms with E-state index in [1.165, 1.54) is 6.07 Å². The van der Waals surface area contributed by atoms with Crippen LogP contribution in [0.1, 0.15) is 11.3 Å². The number of hydrogen-bond acceptors (Lipinski definition) is 1. The van der Waals surface area contributed by atoms with E-state index in [1.807, 2.05) is 0 Å². The summed E-state index contributed by atoms with van der Waals surface area (Å²) < 4.78 is 13.4. The lowest BCUT2D eigenvalue weighted by atomic mass is 10.1. The van der Waals surface area contributed by atoms with Gasteiger partial charge < -0.3 is 10.7 Å². The number of amides is 1. The van der Waals surface area contributed by atoms with Crippen LogP contribution >= 0.6 is 0 Å². The van der Waals surface area contributed by atoms with Crippen molar-refractivity contribution < 1.29 is 9.18 Å². The fourth-order valence-corrected chi connectivity index (χ4v) is 1.77. The summed E-state index contributed by atoms with van der Waals surface area (Å²) in [6.07, 6.45) is 0.134. The third kappa shape index (κ3) is 1.58. The highest BCUT2D eigenvalue weighted by molar-refractivity contribution is 5.89. The average molecular weight is 206 g/mol. The summed E-state index contributed by atoms with van der Waals surface area (Å²) in [5, 5.41) is 0.728. The molecule has 0 atom stereocenters. The van der Waals surface area contributed by atoms with Crippen LogP contribution in [0.5, 0.6) is 0 Å². The van der Waals surface area contributed by atoms with Crippen LogP contribution in [0.15, 0.2) is 18.2 Å². The van der Waals surface area contributed by atoms with Gasteiger partial charge in [-0.1, -0.05) is 12.1 Å². The van der Waals surface area contributed by atoms with Gasteiger partial charge in [-0.15, -0.1) is 0 Å². The van der Waals surface area contributed by atoms with Crippen molar-refractivity contribution in [3.05, 3.63) is 35.3 Å². The molecule has 3 nitrogen and oxygen atoms in total. The van der Waals surface area contributed by atoms with Crippen molar-refractivity contribution in [2.45, 2.75) is 13.3 Å². The van der Waals surface area contributed by atoms with Gasteiger partial charge in [0.1, 0.15) is 5.82 Å². The summed E-state index contributed by atoms with van der Waals surface area (Å²) in [5.41, 5.74) is 7.13. The lowest BCUT2D eigenvalue weighted by Crippen LogP contribution is -2.13. The monoisotopic (exact) mass is 206 g/mol. The molecule has 3 N–H and O–H groups in total. The maximum Gasteiger partial charge on any atom is 0.221 e. The normalized spacial score (nSPS) is 10.8. The summed E-state index contributed by atoms with van der Waals surface area (Å²) in [7, 11) is 0. The van der Waals surface area contributed by atoms with Crippen LogP contribution in [0.25, 0.3) is 10.9 Å². The van der Waals surface area contributed by atoms with E-state index in [2.05, 4.69) is 4.98 Å². The van der Waals surface area contributed by atoms with Gasteiger partial charge in [-0.2, -0.15) is 0 Å². The number of para-hydroxylation sites is 1. The molecule has 2 rings (SSSR count). The lowest BCUT2D eigenvalue weighted by Gasteiger charge is -1.97. The number of primary amides is 1. The summed E-state index contributed by atoms with van der Waals surface area (Å²) >= 11 is 0. The third-order valence-corrected chi connectivity index (χ3v) is 2.45. The molecule has 4 heteroatoms. The smallest absolute Gasteiger partial charge is 0.221 e. The molecule has 15 heavy (non-hydrogen) atoms. The molecule has 1 heterocycles. The van der Waals surface area contributed by atoms with Crippen molar-refractivity contribution in [1.82, 2.24) is 4.98 Å². The van der Waals surface area contributed by atoms with Crippen molar-refractivity contribution in [1.29, 1.82) is 0 Å². The van der Waals surface area contributed by atoms with Crippen molar-refractivity contribution in [2.24, 2.45) is 5.73 Å². The highest BCUT2D eigenvalue weighted by atomic mass is 19.1. The second-order valence-corrected chi connectivity index (χ2v) is 3.53. The van der Waals surface area contributed by atoms with E-state index >= 15 is 0 Å². The van der Waals surface area contributed by atoms with Crippen LogP contribution in [-0.4, -0.2) is 10.9 Å². The van der Waals surface area contributed by atoms with E-state index in [0.717, 1.165) is 16.6 Å². The Bertz CT molecular complexity index is 531. The number of hydrogen-bond donors (Lipinski definition) is 2. The first-order chi connectivity index (χ1) is 7.09. The summed E-state index contributed by atoms with van der Waals surface area (Å²) in [6, 6.07) is 4.78. The summed E-state index contributed by atoms with van der Waals surface area (Å²) in [6.45, 7) is 1.80. The van der Waals surface area contributed by atoms with Gasteiger partial charge in [-0.05, 0) is 18.6 Å². The Kier molecular flexibility index (Phi) is 2.19. The molecule has 0 spiro atoms.